The van der Waals surface area contributed by atoms with Crippen LogP contribution in [-0.4, -0.2) is 20.4 Å². The number of hydrogen-bond donors (Lipinski definition) is 2. The minimum Gasteiger partial charge on any atom is -0.478 e. The highest BCUT2D eigenvalue weighted by Crippen LogP contribution is 2.22. The van der Waals surface area contributed by atoms with E-state index in [1.54, 1.807) is 12.3 Å². The van der Waals surface area contributed by atoms with Gasteiger partial charge in [-0.3, -0.25) is 0 Å². The third-order valence-electron chi connectivity index (χ3n) is 1.91. The van der Waals surface area contributed by atoms with Crippen LogP contribution in [0, 0.1) is 6.92 Å². The summed E-state index contributed by atoms with van der Waals surface area (Å²) in [6.07, 6.45) is 1.54. The molecule has 0 unspecified atom stereocenters. The van der Waals surface area contributed by atoms with Crippen molar-refractivity contribution in [1.29, 1.82) is 0 Å². The third-order valence-corrected chi connectivity index (χ3v) is 2.70. The molecule has 2 N–H and O–H groups in total. The van der Waals surface area contributed by atoms with Gasteiger partial charge in [0.05, 0.1) is 5.69 Å². The Hall–Kier alpha value is -1.95. The van der Waals surface area contributed by atoms with E-state index in [9.17, 15) is 4.79 Å². The summed E-state index contributed by atoms with van der Waals surface area (Å²) >= 11 is 1.27. The number of aromatic nitrogens is 2. The minimum absolute atomic E-state index is 0.147. The number of anilines is 2. The van der Waals surface area contributed by atoms with Crippen molar-refractivity contribution in [1.82, 2.24) is 9.36 Å². The summed E-state index contributed by atoms with van der Waals surface area (Å²) in [5, 5.41) is 12.7. The molecule has 0 aliphatic carbocycles. The SMILES string of the molecule is Cc1cc(Nc2ncccc2C(=O)O)sn1. The monoisotopic (exact) mass is 235 g/mol. The highest BCUT2D eigenvalue weighted by Gasteiger charge is 2.11. The van der Waals surface area contributed by atoms with Gasteiger partial charge in [-0.05, 0) is 36.7 Å². The number of carboxylic acids is 1. The Bertz CT molecular complexity index is 524. The Labute approximate surface area is 95.9 Å². The number of nitrogens with zero attached hydrogens (tertiary/aromatic N) is 2. The first-order valence-corrected chi connectivity index (χ1v) is 5.33. The number of carboxylic acid groups (broad SMARTS) is 1. The van der Waals surface area contributed by atoms with E-state index in [1.807, 2.05) is 13.0 Å². The maximum Gasteiger partial charge on any atom is 0.339 e. The van der Waals surface area contributed by atoms with E-state index in [0.29, 0.717) is 5.82 Å². The van der Waals surface area contributed by atoms with Gasteiger partial charge in [-0.1, -0.05) is 0 Å². The summed E-state index contributed by atoms with van der Waals surface area (Å²) in [4.78, 5) is 14.9. The fourth-order valence-electron chi connectivity index (χ4n) is 1.22. The zero-order valence-electron chi connectivity index (χ0n) is 8.47. The lowest BCUT2D eigenvalue weighted by atomic mass is 10.2. The molecule has 0 aromatic carbocycles. The van der Waals surface area contributed by atoms with Crippen LogP contribution in [0.1, 0.15) is 16.1 Å². The zero-order valence-corrected chi connectivity index (χ0v) is 9.28. The second kappa shape index (κ2) is 4.28. The van der Waals surface area contributed by atoms with Crippen LogP contribution in [0.15, 0.2) is 24.4 Å². The average molecular weight is 235 g/mol. The molecule has 0 saturated carbocycles. The van der Waals surface area contributed by atoms with Crippen molar-refractivity contribution in [3.8, 4) is 0 Å². The molecule has 0 aliphatic rings. The Morgan fingerprint density at radius 3 is 3.00 bits per heavy atom. The van der Waals surface area contributed by atoms with Crippen LogP contribution >= 0.6 is 11.5 Å². The van der Waals surface area contributed by atoms with Gasteiger partial charge >= 0.3 is 5.97 Å². The number of nitrogens with one attached hydrogen (secondary N) is 1. The fraction of sp³-hybridized carbons (Fsp3) is 0.100. The predicted octanol–water partition coefficient (Wildman–Crippen LogP) is 2.29. The lowest BCUT2D eigenvalue weighted by Gasteiger charge is -2.04. The fourth-order valence-corrected chi connectivity index (χ4v) is 1.88. The molecule has 2 aromatic rings. The summed E-state index contributed by atoms with van der Waals surface area (Å²) in [5.74, 6) is -0.671. The molecule has 0 bridgehead atoms. The second-order valence-corrected chi connectivity index (χ2v) is 3.97. The van der Waals surface area contributed by atoms with Crippen LogP contribution in [0.2, 0.25) is 0 Å². The van der Waals surface area contributed by atoms with E-state index in [1.165, 1.54) is 17.6 Å². The molecule has 0 amide bonds. The van der Waals surface area contributed by atoms with Gasteiger partial charge in [-0.25, -0.2) is 9.78 Å². The third kappa shape index (κ3) is 2.17. The topological polar surface area (TPSA) is 75.1 Å². The number of aromatic carboxylic acids is 1. The zero-order chi connectivity index (χ0) is 11.5. The smallest absolute Gasteiger partial charge is 0.339 e. The second-order valence-electron chi connectivity index (χ2n) is 3.16. The Morgan fingerprint density at radius 2 is 2.38 bits per heavy atom. The first-order valence-electron chi connectivity index (χ1n) is 4.55. The van der Waals surface area contributed by atoms with E-state index < -0.39 is 5.97 Å². The lowest BCUT2D eigenvalue weighted by molar-refractivity contribution is 0.0697. The first-order chi connectivity index (χ1) is 7.66. The summed E-state index contributed by atoms with van der Waals surface area (Å²) < 4.78 is 4.09. The molecular formula is C10H9N3O2S. The lowest BCUT2D eigenvalue weighted by Crippen LogP contribution is -2.03. The van der Waals surface area contributed by atoms with Gasteiger partial charge in [0, 0.05) is 6.20 Å². The maximum absolute atomic E-state index is 10.9. The minimum atomic E-state index is -1.00. The molecule has 6 heteroatoms. The highest BCUT2D eigenvalue weighted by molar-refractivity contribution is 7.10. The quantitative estimate of drug-likeness (QED) is 0.853. The van der Waals surface area contributed by atoms with Crippen molar-refractivity contribution in [2.24, 2.45) is 0 Å². The van der Waals surface area contributed by atoms with Gasteiger partial charge in [-0.2, -0.15) is 4.37 Å². The Kier molecular flexibility index (Phi) is 2.82. The van der Waals surface area contributed by atoms with Crippen molar-refractivity contribution in [3.05, 3.63) is 35.7 Å². The van der Waals surface area contributed by atoms with E-state index in [0.717, 1.165) is 10.7 Å². The van der Waals surface area contributed by atoms with Crippen molar-refractivity contribution in [2.45, 2.75) is 6.92 Å². The Morgan fingerprint density at radius 1 is 1.56 bits per heavy atom. The number of pyridine rings is 1. The molecule has 2 aromatic heterocycles. The summed E-state index contributed by atoms with van der Waals surface area (Å²) in [6.45, 7) is 1.87. The number of carbonyl (C=O) groups is 1. The van der Waals surface area contributed by atoms with E-state index in [4.69, 9.17) is 5.11 Å². The van der Waals surface area contributed by atoms with Crippen molar-refractivity contribution in [2.75, 3.05) is 5.32 Å². The maximum atomic E-state index is 10.9. The summed E-state index contributed by atoms with van der Waals surface area (Å²) in [6, 6.07) is 4.93. The molecule has 0 atom stereocenters. The summed E-state index contributed by atoms with van der Waals surface area (Å²) in [7, 11) is 0. The van der Waals surface area contributed by atoms with Gasteiger partial charge in [0.2, 0.25) is 0 Å². The van der Waals surface area contributed by atoms with Crippen LogP contribution in [0.3, 0.4) is 0 Å². The molecule has 0 saturated heterocycles. The van der Waals surface area contributed by atoms with Crippen LogP contribution in [0.5, 0.6) is 0 Å². The largest absolute Gasteiger partial charge is 0.478 e. The molecule has 2 rings (SSSR count). The van der Waals surface area contributed by atoms with Crippen molar-refractivity contribution in [3.63, 3.8) is 0 Å². The molecule has 82 valence electrons. The van der Waals surface area contributed by atoms with Gasteiger partial charge in [0.25, 0.3) is 0 Å². The van der Waals surface area contributed by atoms with Crippen LogP contribution in [0.4, 0.5) is 10.8 Å². The number of rotatable bonds is 3. The molecule has 0 radical (unpaired) electrons. The molecule has 0 aliphatic heterocycles. The average Bonchev–Trinajstić information content (AvgIpc) is 2.64. The number of aryl methyl sites for hydroxylation is 1. The predicted molar refractivity (Wildman–Crippen MR) is 61.3 cm³/mol. The van der Waals surface area contributed by atoms with E-state index in [-0.39, 0.29) is 5.56 Å². The van der Waals surface area contributed by atoms with E-state index in [2.05, 4.69) is 14.7 Å². The van der Waals surface area contributed by atoms with Crippen LogP contribution in [-0.2, 0) is 0 Å². The van der Waals surface area contributed by atoms with E-state index >= 15 is 0 Å². The van der Waals surface area contributed by atoms with Crippen LogP contribution in [0.25, 0.3) is 0 Å². The van der Waals surface area contributed by atoms with Gasteiger partial charge < -0.3 is 10.4 Å². The summed E-state index contributed by atoms with van der Waals surface area (Å²) in [5.41, 5.74) is 1.04. The number of hydrogen-bond acceptors (Lipinski definition) is 5. The molecule has 0 spiro atoms. The first kappa shape index (κ1) is 10.6. The normalized spacial score (nSPS) is 10.1. The van der Waals surface area contributed by atoms with Gasteiger partial charge in [-0.15, -0.1) is 0 Å². The molecule has 16 heavy (non-hydrogen) atoms. The van der Waals surface area contributed by atoms with Crippen LogP contribution < -0.4 is 5.32 Å². The molecule has 0 fully saturated rings. The Balaban J connectivity index is 2.31. The highest BCUT2D eigenvalue weighted by atomic mass is 32.1. The molecule has 2 heterocycles. The van der Waals surface area contributed by atoms with Gasteiger partial charge in [0.1, 0.15) is 16.4 Å². The standard InChI is InChI=1S/C10H9N3O2S/c1-6-5-8(16-13-6)12-9-7(10(14)15)3-2-4-11-9/h2-5H,1H3,(H,11,12)(H,14,15). The van der Waals surface area contributed by atoms with Crippen molar-refractivity contribution < 1.29 is 9.90 Å². The van der Waals surface area contributed by atoms with Crippen molar-refractivity contribution >= 4 is 28.3 Å². The molecular weight excluding hydrogens is 226 g/mol. The van der Waals surface area contributed by atoms with Gasteiger partial charge in [0.15, 0.2) is 0 Å². The molecule has 5 nitrogen and oxygen atoms in total.